The van der Waals surface area contributed by atoms with Crippen molar-refractivity contribution in [2.45, 2.75) is 53.0 Å². The second-order valence-corrected chi connectivity index (χ2v) is 8.48. The van der Waals surface area contributed by atoms with Gasteiger partial charge in [-0.1, -0.05) is 20.8 Å². The average molecular weight is 343 g/mol. The Labute approximate surface area is 145 Å². The van der Waals surface area contributed by atoms with E-state index in [1.165, 1.54) is 11.0 Å². The molecule has 1 fully saturated rings. The molecule has 134 valence electrons. The van der Waals surface area contributed by atoms with Crippen LogP contribution < -0.4 is 11.2 Å². The minimum atomic E-state index is -0.436. The zero-order valence-corrected chi connectivity index (χ0v) is 15.5. The predicted octanol–water partition coefficient (Wildman–Crippen LogP) is 2.37. The quantitative estimate of drug-likeness (QED) is 0.737. The van der Waals surface area contributed by atoms with Gasteiger partial charge in [0.15, 0.2) is 11.2 Å². The summed E-state index contributed by atoms with van der Waals surface area (Å²) in [6.07, 6.45) is 5.37. The van der Waals surface area contributed by atoms with E-state index in [4.69, 9.17) is 0 Å². The molecular formula is C18H25N5O2. The Balaban J connectivity index is 1.99. The van der Waals surface area contributed by atoms with Crippen molar-refractivity contribution >= 4 is 16.9 Å². The molecular weight excluding hydrogens is 318 g/mol. The maximum absolute atomic E-state index is 12.3. The van der Waals surface area contributed by atoms with Gasteiger partial charge in [0, 0.05) is 25.0 Å². The van der Waals surface area contributed by atoms with Gasteiger partial charge in [-0.2, -0.15) is 4.98 Å². The molecule has 7 heteroatoms. The first kappa shape index (κ1) is 16.2. The van der Waals surface area contributed by atoms with E-state index >= 15 is 0 Å². The standard InChI is InChI=1S/C18H25N5O2/c1-10-6-12(8-18(3,4)7-10)23-11(2)9-22-13-14(19-16(22)23)21(5)17(25)20-15(13)24/h9-10,12H,6-8H2,1-5H3,(H,20,24,25)/t10-,12-/m0/s1. The van der Waals surface area contributed by atoms with E-state index in [-0.39, 0.29) is 11.0 Å². The number of nitrogens with zero attached hydrogens (tertiary/aromatic N) is 4. The van der Waals surface area contributed by atoms with Crippen LogP contribution in [0.25, 0.3) is 16.9 Å². The highest BCUT2D eigenvalue weighted by atomic mass is 16.2. The zero-order valence-electron chi connectivity index (χ0n) is 15.5. The fraction of sp³-hybridized carbons (Fsp3) is 0.611. The number of hydrogen-bond acceptors (Lipinski definition) is 3. The van der Waals surface area contributed by atoms with Gasteiger partial charge < -0.3 is 4.57 Å². The number of fused-ring (bicyclic) bond motifs is 3. The topological polar surface area (TPSA) is 77.1 Å². The summed E-state index contributed by atoms with van der Waals surface area (Å²) in [5, 5.41) is 0. The molecule has 2 atom stereocenters. The Kier molecular flexibility index (Phi) is 3.30. The second-order valence-electron chi connectivity index (χ2n) is 8.48. The van der Waals surface area contributed by atoms with Crippen LogP contribution in [0.3, 0.4) is 0 Å². The molecule has 0 unspecified atom stereocenters. The van der Waals surface area contributed by atoms with Crippen molar-refractivity contribution in [3.8, 4) is 0 Å². The number of aromatic amines is 1. The second kappa shape index (κ2) is 5.09. The molecule has 0 amide bonds. The number of aryl methyl sites for hydroxylation is 2. The maximum atomic E-state index is 12.3. The fourth-order valence-corrected chi connectivity index (χ4v) is 4.83. The summed E-state index contributed by atoms with van der Waals surface area (Å²) in [5.74, 6) is 1.39. The summed E-state index contributed by atoms with van der Waals surface area (Å²) >= 11 is 0. The average Bonchev–Trinajstić information content (AvgIpc) is 2.97. The number of imidazole rings is 2. The van der Waals surface area contributed by atoms with Gasteiger partial charge in [0.2, 0.25) is 5.78 Å². The van der Waals surface area contributed by atoms with Crippen molar-refractivity contribution in [1.29, 1.82) is 0 Å². The third-order valence-electron chi connectivity index (χ3n) is 5.57. The maximum Gasteiger partial charge on any atom is 0.329 e. The third kappa shape index (κ3) is 2.36. The molecule has 1 N–H and O–H groups in total. The van der Waals surface area contributed by atoms with E-state index in [9.17, 15) is 9.59 Å². The lowest BCUT2D eigenvalue weighted by Gasteiger charge is -2.39. The molecule has 4 rings (SSSR count). The molecule has 0 saturated heterocycles. The van der Waals surface area contributed by atoms with Crippen LogP contribution in [0, 0.1) is 18.3 Å². The number of nitrogens with one attached hydrogen (secondary N) is 1. The lowest BCUT2D eigenvalue weighted by Crippen LogP contribution is -2.29. The van der Waals surface area contributed by atoms with E-state index < -0.39 is 5.69 Å². The molecule has 3 heterocycles. The molecule has 3 aromatic rings. The summed E-state index contributed by atoms with van der Waals surface area (Å²) in [6.45, 7) is 9.01. The highest BCUT2D eigenvalue weighted by molar-refractivity contribution is 5.75. The molecule has 0 aliphatic heterocycles. The number of aromatic nitrogens is 5. The van der Waals surface area contributed by atoms with Crippen LogP contribution in [-0.2, 0) is 7.05 Å². The van der Waals surface area contributed by atoms with Crippen molar-refractivity contribution in [2.75, 3.05) is 0 Å². The van der Waals surface area contributed by atoms with Crippen LogP contribution in [0.1, 0.15) is 51.8 Å². The number of H-pyrrole nitrogens is 1. The smallest absolute Gasteiger partial charge is 0.311 e. The van der Waals surface area contributed by atoms with Gasteiger partial charge in [0.1, 0.15) is 0 Å². The van der Waals surface area contributed by atoms with Crippen LogP contribution in [0.4, 0.5) is 0 Å². The van der Waals surface area contributed by atoms with Crippen molar-refractivity contribution in [3.05, 3.63) is 32.7 Å². The number of rotatable bonds is 1. The minimum Gasteiger partial charge on any atom is -0.311 e. The highest BCUT2D eigenvalue weighted by Gasteiger charge is 2.34. The van der Waals surface area contributed by atoms with E-state index in [1.54, 1.807) is 7.05 Å². The number of hydrogen-bond donors (Lipinski definition) is 1. The molecule has 1 saturated carbocycles. The van der Waals surface area contributed by atoms with Crippen molar-refractivity contribution in [1.82, 2.24) is 23.5 Å². The van der Waals surface area contributed by atoms with Crippen molar-refractivity contribution in [2.24, 2.45) is 18.4 Å². The molecule has 25 heavy (non-hydrogen) atoms. The zero-order chi connectivity index (χ0) is 18.1. The summed E-state index contributed by atoms with van der Waals surface area (Å²) in [4.78, 5) is 31.3. The monoisotopic (exact) mass is 343 g/mol. The van der Waals surface area contributed by atoms with Crippen molar-refractivity contribution < 1.29 is 0 Å². The van der Waals surface area contributed by atoms with Gasteiger partial charge in [0.05, 0.1) is 0 Å². The lowest BCUT2D eigenvalue weighted by atomic mass is 9.70. The highest BCUT2D eigenvalue weighted by Crippen LogP contribution is 2.44. The summed E-state index contributed by atoms with van der Waals surface area (Å²) in [7, 11) is 1.63. The van der Waals surface area contributed by atoms with E-state index in [0.717, 1.165) is 24.3 Å². The van der Waals surface area contributed by atoms with E-state index in [0.29, 0.717) is 23.1 Å². The first-order valence-corrected chi connectivity index (χ1v) is 8.87. The Bertz CT molecular complexity index is 1090. The Hall–Kier alpha value is -2.31. The van der Waals surface area contributed by atoms with E-state index in [2.05, 4.69) is 42.2 Å². The predicted molar refractivity (Wildman–Crippen MR) is 97.1 cm³/mol. The molecule has 3 aromatic heterocycles. The van der Waals surface area contributed by atoms with Crippen LogP contribution in [-0.4, -0.2) is 23.5 Å². The van der Waals surface area contributed by atoms with Gasteiger partial charge in [-0.15, -0.1) is 0 Å². The third-order valence-corrected chi connectivity index (χ3v) is 5.57. The van der Waals surface area contributed by atoms with Gasteiger partial charge in [-0.3, -0.25) is 18.7 Å². The van der Waals surface area contributed by atoms with Gasteiger partial charge >= 0.3 is 5.69 Å². The Morgan fingerprint density at radius 1 is 1.28 bits per heavy atom. The first-order valence-electron chi connectivity index (χ1n) is 8.87. The van der Waals surface area contributed by atoms with E-state index in [1.807, 2.05) is 10.6 Å². The summed E-state index contributed by atoms with van der Waals surface area (Å²) in [6, 6.07) is 0.351. The summed E-state index contributed by atoms with van der Waals surface area (Å²) in [5.41, 5.74) is 1.41. The lowest BCUT2D eigenvalue weighted by molar-refractivity contribution is 0.138. The van der Waals surface area contributed by atoms with Crippen LogP contribution in [0.2, 0.25) is 0 Å². The van der Waals surface area contributed by atoms with Gasteiger partial charge in [-0.25, -0.2) is 4.79 Å². The Morgan fingerprint density at radius 3 is 2.68 bits per heavy atom. The molecule has 0 radical (unpaired) electrons. The molecule has 0 aromatic carbocycles. The molecule has 0 bridgehead atoms. The first-order chi connectivity index (χ1) is 11.7. The van der Waals surface area contributed by atoms with Gasteiger partial charge in [0.25, 0.3) is 5.56 Å². The van der Waals surface area contributed by atoms with Crippen LogP contribution >= 0.6 is 0 Å². The minimum absolute atomic E-state index is 0.284. The normalized spacial score (nSPS) is 23.6. The van der Waals surface area contributed by atoms with Gasteiger partial charge in [-0.05, 0) is 37.5 Å². The molecule has 1 aliphatic rings. The van der Waals surface area contributed by atoms with Crippen LogP contribution in [0.5, 0.6) is 0 Å². The molecule has 7 nitrogen and oxygen atoms in total. The Morgan fingerprint density at radius 2 is 2.00 bits per heavy atom. The fourth-order valence-electron chi connectivity index (χ4n) is 4.83. The van der Waals surface area contributed by atoms with Crippen molar-refractivity contribution in [3.63, 3.8) is 0 Å². The molecule has 1 aliphatic carbocycles. The SMILES string of the molecule is Cc1cn2c3c(=O)[nH]c(=O)n(C)c3nc2n1[C@H]1C[C@H](C)CC(C)(C)C1. The van der Waals surface area contributed by atoms with Crippen LogP contribution in [0.15, 0.2) is 15.8 Å². The largest absolute Gasteiger partial charge is 0.329 e. The molecule has 0 spiro atoms. The summed E-state index contributed by atoms with van der Waals surface area (Å²) < 4.78 is 5.48.